The Hall–Kier alpha value is -3.03. The highest BCUT2D eigenvalue weighted by Crippen LogP contribution is 2.32. The molecule has 0 spiro atoms. The number of hydrogen-bond acceptors (Lipinski definition) is 6. The fourth-order valence-electron chi connectivity index (χ4n) is 4.65. The Kier molecular flexibility index (Phi) is 7.75. The number of thiophene rings is 1. The van der Waals surface area contributed by atoms with Crippen LogP contribution in [-0.2, 0) is 6.54 Å². The van der Waals surface area contributed by atoms with Gasteiger partial charge in [-0.3, -0.25) is 14.6 Å². The Balaban J connectivity index is 1.67. The number of ether oxygens (including phenoxy) is 1. The topological polar surface area (TPSA) is 71.5 Å². The summed E-state index contributed by atoms with van der Waals surface area (Å²) in [6.07, 6.45) is 5.70. The first kappa shape index (κ1) is 24.1. The van der Waals surface area contributed by atoms with Gasteiger partial charge in [0.25, 0.3) is 5.91 Å². The molecule has 1 aliphatic rings. The number of hydrogen-bond donors (Lipinski definition) is 1. The Morgan fingerprint density at radius 3 is 2.53 bits per heavy atom. The average Bonchev–Trinajstić information content (AvgIpc) is 3.42. The van der Waals surface area contributed by atoms with Crippen LogP contribution in [0.25, 0.3) is 11.1 Å². The van der Waals surface area contributed by atoms with Crippen LogP contribution in [0.15, 0.2) is 54.0 Å². The summed E-state index contributed by atoms with van der Waals surface area (Å²) in [7, 11) is 3.66. The largest absolute Gasteiger partial charge is 0.496 e. The van der Waals surface area contributed by atoms with E-state index < -0.39 is 0 Å². The van der Waals surface area contributed by atoms with Gasteiger partial charge >= 0.3 is 0 Å². The van der Waals surface area contributed by atoms with Gasteiger partial charge in [-0.05, 0) is 79.6 Å². The number of aromatic nitrogens is 1. The summed E-state index contributed by atoms with van der Waals surface area (Å²) >= 11 is 1.48. The molecule has 2 heterocycles. The normalized spacial score (nSPS) is 17.9. The molecule has 178 valence electrons. The van der Waals surface area contributed by atoms with Gasteiger partial charge in [-0.2, -0.15) is 0 Å². The van der Waals surface area contributed by atoms with Crippen LogP contribution in [-0.4, -0.2) is 47.8 Å². The lowest BCUT2D eigenvalue weighted by molar-refractivity contribution is 0.0604. The molecule has 34 heavy (non-hydrogen) atoms. The van der Waals surface area contributed by atoms with Crippen LogP contribution >= 0.6 is 11.3 Å². The molecule has 7 heteroatoms. The van der Waals surface area contributed by atoms with Crippen molar-refractivity contribution in [3.05, 3.63) is 70.2 Å². The van der Waals surface area contributed by atoms with Crippen molar-refractivity contribution < 1.29 is 14.3 Å². The summed E-state index contributed by atoms with van der Waals surface area (Å²) in [5.74, 6) is 0.746. The molecule has 2 aromatic heterocycles. The van der Waals surface area contributed by atoms with E-state index in [1.165, 1.54) is 18.3 Å². The number of carbonyl (C=O) groups excluding carboxylic acids is 2. The van der Waals surface area contributed by atoms with Gasteiger partial charge in [0.15, 0.2) is 5.78 Å². The molecule has 1 N–H and O–H groups in total. The fraction of sp³-hybridized carbons (Fsp3) is 0.370. The molecule has 1 saturated carbocycles. The summed E-state index contributed by atoms with van der Waals surface area (Å²) in [6.45, 7) is 1.98. The molecule has 6 nitrogen and oxygen atoms in total. The van der Waals surface area contributed by atoms with Gasteiger partial charge in [-0.15, -0.1) is 11.3 Å². The second-order valence-electron chi connectivity index (χ2n) is 8.72. The third kappa shape index (κ3) is 5.37. The van der Waals surface area contributed by atoms with E-state index in [0.29, 0.717) is 18.3 Å². The van der Waals surface area contributed by atoms with E-state index in [-0.39, 0.29) is 17.7 Å². The van der Waals surface area contributed by atoms with Gasteiger partial charge in [0.05, 0.1) is 12.0 Å². The molecule has 4 rings (SSSR count). The Morgan fingerprint density at radius 1 is 1.12 bits per heavy atom. The number of benzene rings is 1. The van der Waals surface area contributed by atoms with Gasteiger partial charge in [-0.1, -0.05) is 12.1 Å². The van der Waals surface area contributed by atoms with Crippen LogP contribution < -0.4 is 10.1 Å². The zero-order valence-corrected chi connectivity index (χ0v) is 20.7. The third-order valence-electron chi connectivity index (χ3n) is 6.61. The van der Waals surface area contributed by atoms with Gasteiger partial charge < -0.3 is 15.0 Å². The fourth-order valence-corrected chi connectivity index (χ4v) is 5.33. The van der Waals surface area contributed by atoms with Crippen molar-refractivity contribution in [3.8, 4) is 16.9 Å². The number of ketones is 1. The van der Waals surface area contributed by atoms with Crippen molar-refractivity contribution in [1.29, 1.82) is 0 Å². The van der Waals surface area contributed by atoms with Crippen molar-refractivity contribution in [2.75, 3.05) is 14.2 Å². The maximum absolute atomic E-state index is 13.6. The highest BCUT2D eigenvalue weighted by molar-refractivity contribution is 7.12. The second kappa shape index (κ2) is 10.9. The number of rotatable bonds is 8. The predicted octanol–water partition coefficient (Wildman–Crippen LogP) is 5.19. The van der Waals surface area contributed by atoms with Crippen molar-refractivity contribution in [3.63, 3.8) is 0 Å². The van der Waals surface area contributed by atoms with Crippen LogP contribution in [0.2, 0.25) is 0 Å². The van der Waals surface area contributed by atoms with E-state index in [1.807, 2.05) is 53.7 Å². The molecule has 0 saturated heterocycles. The van der Waals surface area contributed by atoms with Crippen molar-refractivity contribution in [2.45, 2.75) is 51.2 Å². The molecule has 0 atom stereocenters. The third-order valence-corrected chi connectivity index (χ3v) is 7.47. The first-order chi connectivity index (χ1) is 16.5. The zero-order chi connectivity index (χ0) is 24.1. The number of Topliss-reactive ketones (excluding diaryl/α,β-unsaturated/α-hetero) is 1. The average molecular weight is 478 g/mol. The molecular formula is C27H31N3O3S. The van der Waals surface area contributed by atoms with Gasteiger partial charge in [-0.25, -0.2) is 0 Å². The van der Waals surface area contributed by atoms with Crippen molar-refractivity contribution in [2.24, 2.45) is 0 Å². The monoisotopic (exact) mass is 477 g/mol. The maximum Gasteiger partial charge on any atom is 0.264 e. The lowest BCUT2D eigenvalue weighted by atomic mass is 9.89. The number of methoxy groups -OCH3 is 1. The summed E-state index contributed by atoms with van der Waals surface area (Å²) < 4.78 is 5.68. The Labute approximate surface area is 205 Å². The minimum Gasteiger partial charge on any atom is -0.496 e. The first-order valence-corrected chi connectivity index (χ1v) is 12.5. The highest BCUT2D eigenvalue weighted by atomic mass is 32.1. The minimum absolute atomic E-state index is 0.0677. The molecule has 3 aromatic rings. The van der Waals surface area contributed by atoms with E-state index in [9.17, 15) is 9.59 Å². The summed E-state index contributed by atoms with van der Waals surface area (Å²) in [4.78, 5) is 32.3. The molecule has 1 aromatic carbocycles. The summed E-state index contributed by atoms with van der Waals surface area (Å²) in [5.41, 5.74) is 3.25. The van der Waals surface area contributed by atoms with Gasteiger partial charge in [0.1, 0.15) is 11.4 Å². The number of nitrogens with one attached hydrogen (secondary N) is 1. The van der Waals surface area contributed by atoms with E-state index in [2.05, 4.69) is 16.4 Å². The number of nitrogens with zero attached hydrogens (tertiary/aromatic N) is 2. The van der Waals surface area contributed by atoms with E-state index in [0.717, 1.165) is 53.0 Å². The van der Waals surface area contributed by atoms with Crippen molar-refractivity contribution in [1.82, 2.24) is 15.2 Å². The molecule has 1 fully saturated rings. The van der Waals surface area contributed by atoms with Gasteiger partial charge in [0.2, 0.25) is 0 Å². The standard InChI is InChI=1S/C27H31N3O3S/c1-18(31)24-16-20(12-13-29-24)19-6-11-25(33-3)21(15-19)17-30(27(32)26-5-4-14-34-26)23-9-7-22(28-2)8-10-23/h4-6,11-16,22-23,28H,7-10,17H2,1-3H3. The molecule has 0 unspecified atom stereocenters. The molecule has 0 radical (unpaired) electrons. The number of carbonyl (C=O) groups is 2. The van der Waals surface area contributed by atoms with Crippen LogP contribution in [0, 0.1) is 0 Å². The smallest absolute Gasteiger partial charge is 0.264 e. The molecular weight excluding hydrogens is 446 g/mol. The Bertz CT molecular complexity index is 1140. The minimum atomic E-state index is -0.0690. The highest BCUT2D eigenvalue weighted by Gasteiger charge is 2.30. The van der Waals surface area contributed by atoms with Crippen LogP contribution in [0.1, 0.15) is 58.3 Å². The molecule has 1 aliphatic carbocycles. The summed E-state index contributed by atoms with van der Waals surface area (Å²) in [5, 5.41) is 5.32. The number of amides is 1. The lowest BCUT2D eigenvalue weighted by Gasteiger charge is -2.37. The van der Waals surface area contributed by atoms with Crippen LogP contribution in [0.4, 0.5) is 0 Å². The van der Waals surface area contributed by atoms with Crippen LogP contribution in [0.3, 0.4) is 0 Å². The molecule has 1 amide bonds. The molecule has 0 bridgehead atoms. The SMILES string of the molecule is CNC1CCC(N(Cc2cc(-c3ccnc(C(C)=O)c3)ccc2OC)C(=O)c2cccs2)CC1. The first-order valence-electron chi connectivity index (χ1n) is 11.7. The van der Waals surface area contributed by atoms with E-state index in [1.54, 1.807) is 13.3 Å². The quantitative estimate of drug-likeness (QED) is 0.452. The summed E-state index contributed by atoms with van der Waals surface area (Å²) in [6, 6.07) is 14.2. The predicted molar refractivity (Wildman–Crippen MR) is 136 cm³/mol. The van der Waals surface area contributed by atoms with Gasteiger partial charge in [0, 0.05) is 37.3 Å². The maximum atomic E-state index is 13.6. The lowest BCUT2D eigenvalue weighted by Crippen LogP contribution is -2.44. The molecule has 0 aliphatic heterocycles. The zero-order valence-electron chi connectivity index (χ0n) is 19.9. The number of pyridine rings is 1. The van der Waals surface area contributed by atoms with Crippen molar-refractivity contribution >= 4 is 23.0 Å². The Morgan fingerprint density at radius 2 is 1.88 bits per heavy atom. The van der Waals surface area contributed by atoms with Crippen LogP contribution in [0.5, 0.6) is 5.75 Å². The second-order valence-corrected chi connectivity index (χ2v) is 9.66. The van der Waals surface area contributed by atoms with E-state index >= 15 is 0 Å². The van der Waals surface area contributed by atoms with E-state index in [4.69, 9.17) is 4.74 Å².